The van der Waals surface area contributed by atoms with E-state index in [9.17, 15) is 0 Å². The molecule has 0 amide bonds. The summed E-state index contributed by atoms with van der Waals surface area (Å²) in [7, 11) is 0. The number of nitrogens with two attached hydrogens (primary N) is 1. The van der Waals surface area contributed by atoms with Crippen molar-refractivity contribution >= 4 is 11.3 Å². The minimum absolute atomic E-state index is 0.695. The maximum atomic E-state index is 5.49. The van der Waals surface area contributed by atoms with Crippen molar-refractivity contribution in [2.24, 2.45) is 11.7 Å². The van der Waals surface area contributed by atoms with E-state index in [4.69, 9.17) is 5.73 Å². The van der Waals surface area contributed by atoms with Crippen molar-refractivity contribution in [2.75, 3.05) is 6.54 Å². The van der Waals surface area contributed by atoms with Crippen molar-refractivity contribution in [1.82, 2.24) is 10.3 Å². The molecular weight excluding hydrogens is 206 g/mol. The van der Waals surface area contributed by atoms with Gasteiger partial charge in [0.1, 0.15) is 0 Å². The first-order valence-electron chi connectivity index (χ1n) is 5.64. The second-order valence-electron chi connectivity index (χ2n) is 4.43. The van der Waals surface area contributed by atoms with E-state index in [1.807, 2.05) is 0 Å². The monoisotopic (exact) mass is 225 g/mol. The van der Waals surface area contributed by atoms with Crippen LogP contribution in [0.2, 0.25) is 0 Å². The molecule has 1 heterocycles. The third-order valence-corrected chi connectivity index (χ3v) is 3.86. The Balaban J connectivity index is 1.73. The zero-order valence-electron chi connectivity index (χ0n) is 9.20. The van der Waals surface area contributed by atoms with Gasteiger partial charge in [-0.05, 0) is 25.3 Å². The molecule has 0 atom stereocenters. The van der Waals surface area contributed by atoms with Crippen LogP contribution in [0.3, 0.4) is 0 Å². The molecule has 1 saturated carbocycles. The Bertz CT molecular complexity index is 305. The summed E-state index contributed by atoms with van der Waals surface area (Å²) in [6, 6.07) is 0.722. The van der Waals surface area contributed by atoms with Crippen molar-refractivity contribution in [2.45, 2.75) is 38.8 Å². The lowest BCUT2D eigenvalue weighted by molar-refractivity contribution is 0.240. The SMILES string of the molecule is CC1CC(NCc2csc(CCN)n2)C1. The summed E-state index contributed by atoms with van der Waals surface area (Å²) in [6.45, 7) is 3.92. The zero-order chi connectivity index (χ0) is 10.7. The number of hydrogen-bond donors (Lipinski definition) is 2. The first kappa shape index (κ1) is 11.0. The van der Waals surface area contributed by atoms with Crippen LogP contribution in [0.25, 0.3) is 0 Å². The van der Waals surface area contributed by atoms with E-state index in [1.54, 1.807) is 11.3 Å². The van der Waals surface area contributed by atoms with Gasteiger partial charge in [-0.15, -0.1) is 11.3 Å². The van der Waals surface area contributed by atoms with Gasteiger partial charge in [0, 0.05) is 24.4 Å². The standard InChI is InChI=1S/C11H19N3S/c1-8-4-9(5-8)13-6-10-7-15-11(14-10)2-3-12/h7-9,13H,2-6,12H2,1H3. The van der Waals surface area contributed by atoms with Crippen LogP contribution < -0.4 is 11.1 Å². The van der Waals surface area contributed by atoms with E-state index in [1.165, 1.54) is 18.5 Å². The molecule has 2 rings (SSSR count). The Labute approximate surface area is 95.1 Å². The largest absolute Gasteiger partial charge is 0.330 e. The molecule has 1 aliphatic carbocycles. The Morgan fingerprint density at radius 2 is 2.40 bits per heavy atom. The van der Waals surface area contributed by atoms with Gasteiger partial charge in [0.15, 0.2) is 0 Å². The van der Waals surface area contributed by atoms with Gasteiger partial charge < -0.3 is 11.1 Å². The summed E-state index contributed by atoms with van der Waals surface area (Å²) in [4.78, 5) is 4.53. The lowest BCUT2D eigenvalue weighted by Crippen LogP contribution is -2.39. The molecule has 1 aromatic rings. The maximum absolute atomic E-state index is 5.49. The van der Waals surface area contributed by atoms with E-state index < -0.39 is 0 Å². The molecule has 3 N–H and O–H groups in total. The highest BCUT2D eigenvalue weighted by Crippen LogP contribution is 2.26. The van der Waals surface area contributed by atoms with Gasteiger partial charge in [-0.1, -0.05) is 6.92 Å². The van der Waals surface area contributed by atoms with Gasteiger partial charge in [-0.25, -0.2) is 4.98 Å². The molecule has 15 heavy (non-hydrogen) atoms. The Morgan fingerprint density at radius 1 is 1.60 bits per heavy atom. The molecule has 4 heteroatoms. The summed E-state index contributed by atoms with van der Waals surface area (Å²) in [5, 5.41) is 6.84. The van der Waals surface area contributed by atoms with E-state index in [2.05, 4.69) is 22.6 Å². The van der Waals surface area contributed by atoms with Crippen LogP contribution in [0.5, 0.6) is 0 Å². The number of hydrogen-bond acceptors (Lipinski definition) is 4. The van der Waals surface area contributed by atoms with E-state index in [0.29, 0.717) is 6.54 Å². The van der Waals surface area contributed by atoms with Gasteiger partial charge in [0.05, 0.1) is 10.7 Å². The molecule has 0 aliphatic heterocycles. The van der Waals surface area contributed by atoms with Crippen LogP contribution in [0.4, 0.5) is 0 Å². The molecule has 1 aliphatic rings. The minimum atomic E-state index is 0.695. The number of aromatic nitrogens is 1. The average Bonchev–Trinajstić information content (AvgIpc) is 2.59. The van der Waals surface area contributed by atoms with Gasteiger partial charge in [-0.3, -0.25) is 0 Å². The van der Waals surface area contributed by atoms with E-state index in [-0.39, 0.29) is 0 Å². The number of nitrogens with zero attached hydrogens (tertiary/aromatic N) is 1. The molecule has 0 spiro atoms. The molecular formula is C11H19N3S. The molecule has 84 valence electrons. The first-order chi connectivity index (χ1) is 7.28. The normalized spacial score (nSPS) is 25.2. The second-order valence-corrected chi connectivity index (χ2v) is 5.37. The summed E-state index contributed by atoms with van der Waals surface area (Å²) in [6.07, 6.45) is 3.55. The first-order valence-corrected chi connectivity index (χ1v) is 6.52. The highest BCUT2D eigenvalue weighted by Gasteiger charge is 2.24. The molecule has 0 unspecified atom stereocenters. The second kappa shape index (κ2) is 5.05. The Hall–Kier alpha value is -0.450. The quantitative estimate of drug-likeness (QED) is 0.799. The van der Waals surface area contributed by atoms with Crippen LogP contribution in [0.15, 0.2) is 5.38 Å². The Morgan fingerprint density at radius 3 is 3.07 bits per heavy atom. The van der Waals surface area contributed by atoms with Crippen LogP contribution in [0, 0.1) is 5.92 Å². The van der Waals surface area contributed by atoms with Gasteiger partial charge >= 0.3 is 0 Å². The van der Waals surface area contributed by atoms with E-state index >= 15 is 0 Å². The minimum Gasteiger partial charge on any atom is -0.330 e. The molecule has 0 bridgehead atoms. The highest BCUT2D eigenvalue weighted by molar-refractivity contribution is 7.09. The fourth-order valence-corrected chi connectivity index (χ4v) is 2.80. The third-order valence-electron chi connectivity index (χ3n) is 2.90. The number of rotatable bonds is 5. The molecule has 1 fully saturated rings. The molecule has 0 radical (unpaired) electrons. The van der Waals surface area contributed by atoms with Crippen LogP contribution in [-0.2, 0) is 13.0 Å². The van der Waals surface area contributed by atoms with Gasteiger partial charge in [-0.2, -0.15) is 0 Å². The highest BCUT2D eigenvalue weighted by atomic mass is 32.1. The van der Waals surface area contributed by atoms with Crippen molar-refractivity contribution in [3.63, 3.8) is 0 Å². The maximum Gasteiger partial charge on any atom is 0.0941 e. The summed E-state index contributed by atoms with van der Waals surface area (Å²) in [5.74, 6) is 0.908. The van der Waals surface area contributed by atoms with Crippen LogP contribution in [0.1, 0.15) is 30.5 Å². The number of nitrogens with one attached hydrogen (secondary N) is 1. The molecule has 3 nitrogen and oxygen atoms in total. The average molecular weight is 225 g/mol. The van der Waals surface area contributed by atoms with Gasteiger partial charge in [0.25, 0.3) is 0 Å². The predicted octanol–water partition coefficient (Wildman–Crippen LogP) is 1.53. The van der Waals surface area contributed by atoms with Crippen molar-refractivity contribution in [3.05, 3.63) is 16.1 Å². The third kappa shape index (κ3) is 3.00. The lowest BCUT2D eigenvalue weighted by atomic mass is 9.82. The fraction of sp³-hybridized carbons (Fsp3) is 0.727. The smallest absolute Gasteiger partial charge is 0.0941 e. The number of thiazole rings is 1. The molecule has 0 aromatic carbocycles. The summed E-state index contributed by atoms with van der Waals surface area (Å²) >= 11 is 1.72. The fourth-order valence-electron chi connectivity index (χ4n) is 1.99. The van der Waals surface area contributed by atoms with Crippen molar-refractivity contribution in [3.8, 4) is 0 Å². The van der Waals surface area contributed by atoms with Crippen LogP contribution >= 0.6 is 11.3 Å². The van der Waals surface area contributed by atoms with E-state index in [0.717, 1.165) is 29.9 Å². The predicted molar refractivity (Wildman–Crippen MR) is 63.9 cm³/mol. The zero-order valence-corrected chi connectivity index (χ0v) is 10.0. The topological polar surface area (TPSA) is 50.9 Å². The lowest BCUT2D eigenvalue weighted by Gasteiger charge is -2.33. The Kier molecular flexibility index (Phi) is 3.72. The van der Waals surface area contributed by atoms with Crippen molar-refractivity contribution in [1.29, 1.82) is 0 Å². The van der Waals surface area contributed by atoms with Crippen molar-refractivity contribution < 1.29 is 0 Å². The molecule has 1 aromatic heterocycles. The molecule has 0 saturated heterocycles. The van der Waals surface area contributed by atoms with Crippen LogP contribution in [-0.4, -0.2) is 17.6 Å². The summed E-state index contributed by atoms with van der Waals surface area (Å²) < 4.78 is 0. The van der Waals surface area contributed by atoms with Gasteiger partial charge in [0.2, 0.25) is 0 Å². The summed E-state index contributed by atoms with van der Waals surface area (Å²) in [5.41, 5.74) is 6.66.